The summed E-state index contributed by atoms with van der Waals surface area (Å²) in [6.07, 6.45) is 6.16. The maximum Gasteiger partial charge on any atom is 0.150 e. The van der Waals surface area contributed by atoms with Gasteiger partial charge in [-0.3, -0.25) is 0 Å². The van der Waals surface area contributed by atoms with E-state index in [2.05, 4.69) is 31.5 Å². The van der Waals surface area contributed by atoms with E-state index in [0.29, 0.717) is 5.41 Å². The van der Waals surface area contributed by atoms with Gasteiger partial charge in [0.2, 0.25) is 0 Å². The Hall–Kier alpha value is -1.02. The van der Waals surface area contributed by atoms with Gasteiger partial charge >= 0.3 is 0 Å². The summed E-state index contributed by atoms with van der Waals surface area (Å²) in [5.41, 5.74) is 5.29. The molecule has 1 aliphatic heterocycles. The highest BCUT2D eigenvalue weighted by Gasteiger charge is 2.43. The average molecular weight is 231 g/mol. The summed E-state index contributed by atoms with van der Waals surface area (Å²) in [4.78, 5) is 5.76. The molecule has 2 heteroatoms. The van der Waals surface area contributed by atoms with Crippen LogP contribution in [-0.4, -0.2) is 5.54 Å². The molecule has 2 nitrogen and oxygen atoms in total. The summed E-state index contributed by atoms with van der Waals surface area (Å²) < 4.78 is 0. The van der Waals surface area contributed by atoms with E-state index < -0.39 is 0 Å². The van der Waals surface area contributed by atoms with Crippen molar-refractivity contribution in [2.24, 2.45) is 5.41 Å². The fourth-order valence-electron chi connectivity index (χ4n) is 3.55. The van der Waals surface area contributed by atoms with Crippen molar-refractivity contribution in [1.29, 1.82) is 0 Å². The number of hydroxylamine groups is 1. The molecule has 1 aromatic rings. The van der Waals surface area contributed by atoms with Crippen LogP contribution >= 0.6 is 0 Å². The molecule has 1 spiro atoms. The average Bonchev–Trinajstić information content (AvgIpc) is 2.27. The topological polar surface area (TPSA) is 21.3 Å². The van der Waals surface area contributed by atoms with Crippen LogP contribution in [0.3, 0.4) is 0 Å². The van der Waals surface area contributed by atoms with Gasteiger partial charge in [0.05, 0.1) is 5.54 Å². The summed E-state index contributed by atoms with van der Waals surface area (Å²) >= 11 is 0. The number of para-hydroxylation sites is 1. The lowest BCUT2D eigenvalue weighted by Gasteiger charge is -2.47. The highest BCUT2D eigenvalue weighted by Crippen LogP contribution is 2.44. The molecule has 1 fully saturated rings. The van der Waals surface area contributed by atoms with Gasteiger partial charge in [-0.2, -0.15) is 5.48 Å². The lowest BCUT2D eigenvalue weighted by atomic mass is 9.66. The molecule has 92 valence electrons. The molecular weight excluding hydrogens is 210 g/mol. The molecule has 1 N–H and O–H groups in total. The maximum absolute atomic E-state index is 5.76. The second-order valence-electron chi connectivity index (χ2n) is 6.46. The molecule has 17 heavy (non-hydrogen) atoms. The molecule has 3 rings (SSSR count). The zero-order chi connectivity index (χ0) is 11.9. The van der Waals surface area contributed by atoms with Gasteiger partial charge in [-0.1, -0.05) is 38.5 Å². The number of hydrogen-bond donors (Lipinski definition) is 1. The molecule has 0 aromatic heterocycles. The summed E-state index contributed by atoms with van der Waals surface area (Å²) in [7, 11) is 0. The molecule has 0 saturated heterocycles. The molecule has 1 saturated carbocycles. The Kier molecular flexibility index (Phi) is 2.44. The molecule has 1 unspecified atom stereocenters. The molecule has 2 aliphatic rings. The van der Waals surface area contributed by atoms with Crippen LogP contribution < -0.4 is 10.3 Å². The van der Waals surface area contributed by atoms with Crippen molar-refractivity contribution in [1.82, 2.24) is 5.48 Å². The van der Waals surface area contributed by atoms with Gasteiger partial charge in [0.25, 0.3) is 0 Å². The van der Waals surface area contributed by atoms with E-state index in [4.69, 9.17) is 4.84 Å². The SMILES string of the molecule is CC1(C)CCCC2(Cc3ccccc3ON2)C1. The van der Waals surface area contributed by atoms with E-state index >= 15 is 0 Å². The quantitative estimate of drug-likeness (QED) is 0.738. The lowest BCUT2D eigenvalue weighted by Crippen LogP contribution is -2.55. The summed E-state index contributed by atoms with van der Waals surface area (Å²) in [5.74, 6) is 1.00. The van der Waals surface area contributed by atoms with Gasteiger partial charge in [0, 0.05) is 0 Å². The van der Waals surface area contributed by atoms with Crippen LogP contribution in [0.5, 0.6) is 5.75 Å². The van der Waals surface area contributed by atoms with E-state index in [-0.39, 0.29) is 5.54 Å². The highest BCUT2D eigenvalue weighted by atomic mass is 16.7. The van der Waals surface area contributed by atoms with Crippen LogP contribution in [0.1, 0.15) is 45.1 Å². The van der Waals surface area contributed by atoms with Crippen LogP contribution in [0, 0.1) is 5.41 Å². The standard InChI is InChI=1S/C15H21NO/c1-14(2)8-5-9-15(11-14)10-12-6-3-4-7-13(12)17-16-15/h3-4,6-7,16H,5,8-11H2,1-2H3. The van der Waals surface area contributed by atoms with Crippen LogP contribution in [-0.2, 0) is 6.42 Å². The summed E-state index contributed by atoms with van der Waals surface area (Å²) in [6.45, 7) is 4.74. The fourth-order valence-corrected chi connectivity index (χ4v) is 3.55. The van der Waals surface area contributed by atoms with Crippen molar-refractivity contribution in [2.45, 2.75) is 51.5 Å². The van der Waals surface area contributed by atoms with Crippen molar-refractivity contribution in [3.63, 3.8) is 0 Å². The second kappa shape index (κ2) is 3.74. The monoisotopic (exact) mass is 231 g/mol. The Labute approximate surface area is 103 Å². The lowest BCUT2D eigenvalue weighted by molar-refractivity contribution is 0.00485. The second-order valence-corrected chi connectivity index (χ2v) is 6.46. The fraction of sp³-hybridized carbons (Fsp3) is 0.600. The summed E-state index contributed by atoms with van der Waals surface area (Å²) in [6, 6.07) is 8.38. The smallest absolute Gasteiger partial charge is 0.150 e. The molecule has 1 aliphatic carbocycles. The van der Waals surface area contributed by atoms with E-state index in [0.717, 1.165) is 12.2 Å². The number of fused-ring (bicyclic) bond motifs is 1. The first-order chi connectivity index (χ1) is 8.09. The molecule has 1 heterocycles. The van der Waals surface area contributed by atoms with Gasteiger partial charge in [0.1, 0.15) is 5.75 Å². The third kappa shape index (κ3) is 2.06. The predicted molar refractivity (Wildman–Crippen MR) is 68.9 cm³/mol. The van der Waals surface area contributed by atoms with Gasteiger partial charge in [0.15, 0.2) is 0 Å². The van der Waals surface area contributed by atoms with Crippen LogP contribution in [0.4, 0.5) is 0 Å². The largest absolute Gasteiger partial charge is 0.408 e. The minimum atomic E-state index is 0.163. The van der Waals surface area contributed by atoms with Crippen molar-refractivity contribution in [3.8, 4) is 5.75 Å². The van der Waals surface area contributed by atoms with E-state index in [9.17, 15) is 0 Å². The van der Waals surface area contributed by atoms with Crippen LogP contribution in [0.25, 0.3) is 0 Å². The third-order valence-corrected chi connectivity index (χ3v) is 4.20. The maximum atomic E-state index is 5.76. The van der Waals surface area contributed by atoms with Crippen molar-refractivity contribution < 1.29 is 4.84 Å². The zero-order valence-electron chi connectivity index (χ0n) is 10.8. The van der Waals surface area contributed by atoms with E-state index in [1.165, 1.54) is 31.2 Å². The first-order valence-corrected chi connectivity index (χ1v) is 6.61. The number of hydrogen-bond acceptors (Lipinski definition) is 2. The van der Waals surface area contributed by atoms with Crippen LogP contribution in [0.2, 0.25) is 0 Å². The molecule has 1 atom stereocenters. The van der Waals surface area contributed by atoms with Crippen molar-refractivity contribution in [2.75, 3.05) is 0 Å². The van der Waals surface area contributed by atoms with E-state index in [1.54, 1.807) is 0 Å². The minimum absolute atomic E-state index is 0.163. The molecule has 1 aromatic carbocycles. The Bertz CT molecular complexity index is 427. The first kappa shape index (κ1) is 11.1. The van der Waals surface area contributed by atoms with Gasteiger partial charge < -0.3 is 4.84 Å². The van der Waals surface area contributed by atoms with Gasteiger partial charge in [-0.15, -0.1) is 0 Å². The van der Waals surface area contributed by atoms with Gasteiger partial charge in [-0.25, -0.2) is 0 Å². The Balaban J connectivity index is 1.87. The Morgan fingerprint density at radius 2 is 2.00 bits per heavy atom. The normalized spacial score (nSPS) is 30.7. The number of nitrogens with one attached hydrogen (secondary N) is 1. The highest BCUT2D eigenvalue weighted by molar-refractivity contribution is 5.36. The third-order valence-electron chi connectivity index (χ3n) is 4.20. The van der Waals surface area contributed by atoms with Crippen molar-refractivity contribution >= 4 is 0 Å². The molecule has 0 amide bonds. The van der Waals surface area contributed by atoms with Crippen LogP contribution in [0.15, 0.2) is 24.3 Å². The Morgan fingerprint density at radius 3 is 2.82 bits per heavy atom. The molecular formula is C15H21NO. The number of rotatable bonds is 0. The Morgan fingerprint density at radius 1 is 1.18 bits per heavy atom. The van der Waals surface area contributed by atoms with Crippen molar-refractivity contribution in [3.05, 3.63) is 29.8 Å². The number of benzene rings is 1. The summed E-state index contributed by atoms with van der Waals surface area (Å²) in [5, 5.41) is 0. The predicted octanol–water partition coefficient (Wildman–Crippen LogP) is 3.47. The zero-order valence-corrected chi connectivity index (χ0v) is 10.8. The molecule has 0 radical (unpaired) electrons. The molecule has 0 bridgehead atoms. The van der Waals surface area contributed by atoms with Gasteiger partial charge in [-0.05, 0) is 42.7 Å². The minimum Gasteiger partial charge on any atom is -0.408 e. The van der Waals surface area contributed by atoms with E-state index in [1.807, 2.05) is 12.1 Å². The first-order valence-electron chi connectivity index (χ1n) is 6.61.